The number of hydrogen-bond acceptors (Lipinski definition) is 10. The van der Waals surface area contributed by atoms with Crippen LogP contribution in [0.4, 0.5) is 22.7 Å². The third-order valence-corrected chi connectivity index (χ3v) is 5.74. The first-order valence-corrected chi connectivity index (χ1v) is 16.2. The van der Waals surface area contributed by atoms with Gasteiger partial charge in [0.2, 0.25) is 0 Å². The third kappa shape index (κ3) is 8.06. The first-order valence-electron chi connectivity index (χ1n) is 12.3. The van der Waals surface area contributed by atoms with E-state index in [9.17, 15) is 27.6 Å². The summed E-state index contributed by atoms with van der Waals surface area (Å²) >= 11 is 0. The molecule has 0 radical (unpaired) electrons. The van der Waals surface area contributed by atoms with E-state index in [1.54, 1.807) is 25.0 Å². The highest BCUT2D eigenvalue weighted by atomic mass is 32.2. The molecule has 0 unspecified atom stereocenters. The van der Waals surface area contributed by atoms with Crippen LogP contribution in [0.2, 0.25) is 0 Å². The Bertz CT molecular complexity index is 1410. The minimum atomic E-state index is -0.611. The predicted octanol–water partition coefficient (Wildman–Crippen LogP) is 1.63. The van der Waals surface area contributed by atoms with Crippen LogP contribution in [0.3, 0.4) is 0 Å². The summed E-state index contributed by atoms with van der Waals surface area (Å²) in [5.41, 5.74) is 2.94. The standard InChI is InChI=1S/C24H20N4O4.2C2H6OS/c29-21-17-18(22(21)30)27-11-15-5-7-16(8-6-15)12-28-20-19(23(31)24(20)32)26-10-14-2-1-13(3-4-14)9-25-17;2*1-4(2)3/h1-8,25-28H,9-12H2;2*1-2H3. The smallest absolute Gasteiger partial charge is 0.253 e. The molecule has 0 spiro atoms. The Kier molecular flexibility index (Phi) is 10.7. The Balaban J connectivity index is 0.000000490. The Morgan fingerprint density at radius 1 is 0.425 bits per heavy atom. The van der Waals surface area contributed by atoms with Crippen LogP contribution in [0.5, 0.6) is 0 Å². The fourth-order valence-electron chi connectivity index (χ4n) is 3.77. The second kappa shape index (κ2) is 13.9. The van der Waals surface area contributed by atoms with Crippen LogP contribution in [0.25, 0.3) is 0 Å². The van der Waals surface area contributed by atoms with Gasteiger partial charge in [0, 0.05) is 72.8 Å². The van der Waals surface area contributed by atoms with Crippen LogP contribution in [0, 0.1) is 0 Å². The highest BCUT2D eigenvalue weighted by Crippen LogP contribution is 2.20. The largest absolute Gasteiger partial charge is 0.376 e. The van der Waals surface area contributed by atoms with Crippen molar-refractivity contribution < 1.29 is 8.42 Å². The molecule has 4 aliphatic rings. The van der Waals surface area contributed by atoms with Crippen molar-refractivity contribution in [3.63, 3.8) is 0 Å². The molecule has 4 aromatic rings. The lowest BCUT2D eigenvalue weighted by Crippen LogP contribution is -2.37. The maximum absolute atomic E-state index is 12.0. The summed E-state index contributed by atoms with van der Waals surface area (Å²) in [5.74, 6) is 0. The molecular formula is C28H32N4O6S2. The number of benzene rings is 2. The molecule has 40 heavy (non-hydrogen) atoms. The molecule has 4 aliphatic heterocycles. The number of nitrogens with one attached hydrogen (secondary N) is 4. The molecule has 8 rings (SSSR count). The predicted molar refractivity (Wildman–Crippen MR) is 165 cm³/mol. The lowest BCUT2D eigenvalue weighted by atomic mass is 10.1. The molecule has 0 aromatic heterocycles. The van der Waals surface area contributed by atoms with E-state index in [0.717, 1.165) is 22.3 Å². The minimum Gasteiger partial charge on any atom is -0.376 e. The first-order chi connectivity index (χ1) is 19.0. The average Bonchev–Trinajstić information content (AvgIpc) is 2.91. The highest BCUT2D eigenvalue weighted by Gasteiger charge is 2.21. The fraction of sp³-hybridized carbons (Fsp3) is 0.286. The third-order valence-electron chi connectivity index (χ3n) is 5.74. The van der Waals surface area contributed by atoms with Gasteiger partial charge in [-0.3, -0.25) is 27.6 Å². The van der Waals surface area contributed by atoms with Gasteiger partial charge in [-0.15, -0.1) is 0 Å². The van der Waals surface area contributed by atoms with Crippen LogP contribution in [0.15, 0.2) is 67.7 Å². The summed E-state index contributed by atoms with van der Waals surface area (Å²) in [7, 11) is -1.22. The van der Waals surface area contributed by atoms with Crippen LogP contribution in [-0.4, -0.2) is 33.4 Å². The van der Waals surface area contributed by atoms with Crippen molar-refractivity contribution in [1.82, 2.24) is 0 Å². The Labute approximate surface area is 236 Å². The summed E-state index contributed by atoms with van der Waals surface area (Å²) < 4.78 is 19.1. The van der Waals surface area contributed by atoms with E-state index in [2.05, 4.69) is 21.3 Å². The van der Waals surface area contributed by atoms with Crippen molar-refractivity contribution in [1.29, 1.82) is 0 Å². The quantitative estimate of drug-likeness (QED) is 0.225. The van der Waals surface area contributed by atoms with Gasteiger partial charge in [-0.2, -0.15) is 0 Å². The van der Waals surface area contributed by atoms with Crippen molar-refractivity contribution in [2.24, 2.45) is 0 Å². The number of rotatable bonds is 0. The first kappa shape index (κ1) is 30.6. The van der Waals surface area contributed by atoms with Gasteiger partial charge in [0.15, 0.2) is 0 Å². The van der Waals surface area contributed by atoms with Crippen molar-refractivity contribution in [2.75, 3.05) is 46.3 Å². The molecular weight excluding hydrogens is 552 g/mol. The van der Waals surface area contributed by atoms with Gasteiger partial charge >= 0.3 is 0 Å². The van der Waals surface area contributed by atoms with Crippen molar-refractivity contribution in [3.05, 3.63) is 112 Å². The molecule has 4 bridgehead atoms. The summed E-state index contributed by atoms with van der Waals surface area (Å²) in [6, 6.07) is 15.2. The number of hydrogen-bond donors (Lipinski definition) is 4. The molecule has 12 heteroatoms. The maximum atomic E-state index is 12.0. The van der Waals surface area contributed by atoms with E-state index >= 15 is 0 Å². The summed E-state index contributed by atoms with van der Waals surface area (Å²) in [5, 5.41) is 12.2. The van der Waals surface area contributed by atoms with Crippen LogP contribution >= 0.6 is 0 Å². The highest BCUT2D eigenvalue weighted by molar-refractivity contribution is 7.83. The molecule has 10 nitrogen and oxygen atoms in total. The molecule has 212 valence electrons. The van der Waals surface area contributed by atoms with Crippen molar-refractivity contribution >= 4 is 44.3 Å². The van der Waals surface area contributed by atoms with Gasteiger partial charge in [-0.1, -0.05) is 48.5 Å². The lowest BCUT2D eigenvalue weighted by molar-refractivity contribution is 0.689. The molecule has 4 aromatic carbocycles. The van der Waals surface area contributed by atoms with Crippen molar-refractivity contribution in [2.45, 2.75) is 26.2 Å². The van der Waals surface area contributed by atoms with Crippen LogP contribution in [-0.2, 0) is 47.8 Å². The summed E-state index contributed by atoms with van der Waals surface area (Å²) in [4.78, 5) is 48.0. The Morgan fingerprint density at radius 2 is 0.575 bits per heavy atom. The second-order valence-corrected chi connectivity index (χ2v) is 12.3. The second-order valence-electron chi connectivity index (χ2n) is 9.35. The summed E-state index contributed by atoms with van der Waals surface area (Å²) in [6.07, 6.45) is 6.56. The molecule has 4 N–H and O–H groups in total. The molecule has 0 fully saturated rings. The zero-order valence-electron chi connectivity index (χ0n) is 22.7. The molecule has 0 aliphatic carbocycles. The van der Waals surface area contributed by atoms with Gasteiger partial charge in [0.05, 0.1) is 0 Å². The Hall–Kier alpha value is -3.90. The van der Waals surface area contributed by atoms with E-state index < -0.39 is 43.3 Å². The number of anilines is 4. The lowest BCUT2D eigenvalue weighted by Gasteiger charge is -2.17. The zero-order valence-corrected chi connectivity index (χ0v) is 24.3. The monoisotopic (exact) mass is 584 g/mol. The fourth-order valence-corrected chi connectivity index (χ4v) is 3.77. The minimum absolute atomic E-state index is 0.309. The maximum Gasteiger partial charge on any atom is 0.253 e. The van der Waals surface area contributed by atoms with Gasteiger partial charge in [-0.25, -0.2) is 0 Å². The molecule has 0 amide bonds. The SMILES string of the molecule is CS(C)=O.CS(C)=O.O=c1c2c(c1=O)NCc1ccc(cc1)CNc1c(c(=O)c1=O)NCc1ccc(cc1)CN2. The van der Waals surface area contributed by atoms with E-state index in [0.29, 0.717) is 48.9 Å². The molecule has 0 saturated carbocycles. The molecule has 4 heterocycles. The van der Waals surface area contributed by atoms with Gasteiger partial charge in [0.25, 0.3) is 21.7 Å². The van der Waals surface area contributed by atoms with Crippen LogP contribution in [0.1, 0.15) is 22.3 Å². The van der Waals surface area contributed by atoms with Crippen LogP contribution < -0.4 is 43.0 Å². The summed E-state index contributed by atoms with van der Waals surface area (Å²) in [6.45, 7) is 1.59. The van der Waals surface area contributed by atoms with Gasteiger partial charge < -0.3 is 21.3 Å². The van der Waals surface area contributed by atoms with E-state index in [1.807, 2.05) is 48.5 Å². The zero-order chi connectivity index (χ0) is 29.4. The molecule has 0 atom stereocenters. The van der Waals surface area contributed by atoms with E-state index in [1.165, 1.54) is 0 Å². The van der Waals surface area contributed by atoms with Gasteiger partial charge in [0.1, 0.15) is 22.7 Å². The van der Waals surface area contributed by atoms with E-state index in [4.69, 9.17) is 0 Å². The van der Waals surface area contributed by atoms with Crippen molar-refractivity contribution in [3.8, 4) is 0 Å². The Morgan fingerprint density at radius 3 is 0.725 bits per heavy atom. The average molecular weight is 585 g/mol. The van der Waals surface area contributed by atoms with Gasteiger partial charge in [-0.05, 0) is 22.3 Å². The normalized spacial score (nSPS) is 12.9. The van der Waals surface area contributed by atoms with E-state index in [-0.39, 0.29) is 0 Å². The topological polar surface area (TPSA) is 151 Å². The molecule has 0 saturated heterocycles.